The fourth-order valence-corrected chi connectivity index (χ4v) is 3.45. The number of ether oxygens (including phenoxy) is 2. The van der Waals surface area contributed by atoms with Crippen LogP contribution in [0.2, 0.25) is 0 Å². The van der Waals surface area contributed by atoms with Gasteiger partial charge in [-0.3, -0.25) is 0 Å². The summed E-state index contributed by atoms with van der Waals surface area (Å²) in [7, 11) is 0. The number of urea groups is 1. The van der Waals surface area contributed by atoms with Crippen LogP contribution in [0.25, 0.3) is 22.2 Å². The van der Waals surface area contributed by atoms with E-state index in [-0.39, 0.29) is 6.03 Å². The number of hydrogen-bond donors (Lipinski definition) is 3. The van der Waals surface area contributed by atoms with E-state index in [1.54, 1.807) is 18.2 Å². The van der Waals surface area contributed by atoms with Gasteiger partial charge in [-0.15, -0.1) is 0 Å². The molecule has 0 aliphatic carbocycles. The molecule has 0 fully saturated rings. The van der Waals surface area contributed by atoms with E-state index in [1.807, 2.05) is 42.5 Å². The summed E-state index contributed by atoms with van der Waals surface area (Å²) in [6, 6.07) is 22.9. The second-order valence-electron chi connectivity index (χ2n) is 6.75. The van der Waals surface area contributed by atoms with E-state index in [0.29, 0.717) is 36.1 Å². The number of para-hydroxylation sites is 2. The first-order chi connectivity index (χ1) is 14.3. The van der Waals surface area contributed by atoms with Crippen molar-refractivity contribution in [1.82, 2.24) is 4.98 Å². The Balaban J connectivity index is 1.37. The van der Waals surface area contributed by atoms with Gasteiger partial charge < -0.3 is 25.1 Å². The number of nitrogens with one attached hydrogen (secondary N) is 3. The van der Waals surface area contributed by atoms with Crippen molar-refractivity contribution < 1.29 is 14.3 Å². The predicted molar refractivity (Wildman–Crippen MR) is 114 cm³/mol. The van der Waals surface area contributed by atoms with Gasteiger partial charge in [0, 0.05) is 33.9 Å². The molecule has 0 radical (unpaired) electrons. The first kappa shape index (κ1) is 17.2. The summed E-state index contributed by atoms with van der Waals surface area (Å²) in [6.07, 6.45) is 0. The SMILES string of the molecule is O=C(Nc1ccc2c(c1)OCCO2)Nc1ccccc1-c1cc2ccccc2[nH]1. The molecule has 29 heavy (non-hydrogen) atoms. The molecule has 6 heteroatoms. The largest absolute Gasteiger partial charge is 0.486 e. The molecule has 1 aliphatic rings. The van der Waals surface area contributed by atoms with Gasteiger partial charge >= 0.3 is 6.03 Å². The summed E-state index contributed by atoms with van der Waals surface area (Å²) in [5.41, 5.74) is 4.27. The van der Waals surface area contributed by atoms with Crippen molar-refractivity contribution in [1.29, 1.82) is 0 Å². The molecule has 5 rings (SSSR count). The van der Waals surface area contributed by atoms with Crippen LogP contribution in [0.4, 0.5) is 16.2 Å². The molecule has 0 unspecified atom stereocenters. The van der Waals surface area contributed by atoms with Crippen LogP contribution in [-0.4, -0.2) is 24.2 Å². The van der Waals surface area contributed by atoms with Crippen molar-refractivity contribution in [3.63, 3.8) is 0 Å². The van der Waals surface area contributed by atoms with E-state index in [4.69, 9.17) is 9.47 Å². The molecule has 2 heterocycles. The Kier molecular flexibility index (Phi) is 4.29. The lowest BCUT2D eigenvalue weighted by Gasteiger charge is -2.19. The van der Waals surface area contributed by atoms with Gasteiger partial charge in [0.15, 0.2) is 11.5 Å². The highest BCUT2D eigenvalue weighted by Gasteiger charge is 2.14. The van der Waals surface area contributed by atoms with Crippen LogP contribution in [0, 0.1) is 0 Å². The van der Waals surface area contributed by atoms with Crippen LogP contribution in [0.15, 0.2) is 72.8 Å². The number of rotatable bonds is 3. The Hall–Kier alpha value is -3.93. The Bertz CT molecular complexity index is 1170. The summed E-state index contributed by atoms with van der Waals surface area (Å²) in [6.45, 7) is 1.03. The summed E-state index contributed by atoms with van der Waals surface area (Å²) < 4.78 is 11.1. The van der Waals surface area contributed by atoms with Crippen molar-refractivity contribution in [3.8, 4) is 22.8 Å². The van der Waals surface area contributed by atoms with Crippen LogP contribution >= 0.6 is 0 Å². The van der Waals surface area contributed by atoms with Gasteiger partial charge in [0.2, 0.25) is 0 Å². The quantitative estimate of drug-likeness (QED) is 0.451. The maximum absolute atomic E-state index is 12.6. The topological polar surface area (TPSA) is 75.4 Å². The fraction of sp³-hybridized carbons (Fsp3) is 0.0870. The third-order valence-electron chi connectivity index (χ3n) is 4.80. The third-order valence-corrected chi connectivity index (χ3v) is 4.80. The van der Waals surface area contributed by atoms with Crippen molar-refractivity contribution >= 4 is 28.3 Å². The van der Waals surface area contributed by atoms with Crippen LogP contribution in [0.1, 0.15) is 0 Å². The summed E-state index contributed by atoms with van der Waals surface area (Å²) >= 11 is 0. The van der Waals surface area contributed by atoms with Crippen molar-refractivity contribution in [2.75, 3.05) is 23.8 Å². The third kappa shape index (κ3) is 3.48. The van der Waals surface area contributed by atoms with Gasteiger partial charge in [-0.05, 0) is 30.3 Å². The molecule has 3 aromatic carbocycles. The Morgan fingerprint density at radius 2 is 1.62 bits per heavy atom. The predicted octanol–water partition coefficient (Wildman–Crippen LogP) is 5.25. The Morgan fingerprint density at radius 1 is 0.828 bits per heavy atom. The Labute approximate surface area is 167 Å². The highest BCUT2D eigenvalue weighted by Crippen LogP contribution is 2.33. The molecule has 0 saturated heterocycles. The monoisotopic (exact) mass is 385 g/mol. The molecule has 1 aromatic heterocycles. The highest BCUT2D eigenvalue weighted by molar-refractivity contribution is 6.03. The fourth-order valence-electron chi connectivity index (χ4n) is 3.45. The van der Waals surface area contributed by atoms with Crippen LogP contribution < -0.4 is 20.1 Å². The molecule has 1 aliphatic heterocycles. The molecule has 0 saturated carbocycles. The number of H-pyrrole nitrogens is 1. The van der Waals surface area contributed by atoms with Gasteiger partial charge in [-0.25, -0.2) is 4.79 Å². The number of aromatic amines is 1. The van der Waals surface area contributed by atoms with Crippen molar-refractivity contribution in [2.24, 2.45) is 0 Å². The zero-order chi connectivity index (χ0) is 19.6. The summed E-state index contributed by atoms with van der Waals surface area (Å²) in [5.74, 6) is 1.32. The smallest absolute Gasteiger partial charge is 0.323 e. The van der Waals surface area contributed by atoms with Gasteiger partial charge in [0.05, 0.1) is 5.69 Å². The average Bonchev–Trinajstić information content (AvgIpc) is 3.18. The molecular weight excluding hydrogens is 366 g/mol. The molecular formula is C23H19N3O3. The Morgan fingerprint density at radius 3 is 2.52 bits per heavy atom. The van der Waals surface area contributed by atoms with Gasteiger partial charge in [-0.1, -0.05) is 36.4 Å². The molecule has 0 atom stereocenters. The number of benzene rings is 3. The zero-order valence-corrected chi connectivity index (χ0v) is 15.6. The maximum atomic E-state index is 12.6. The van der Waals surface area contributed by atoms with Gasteiger partial charge in [0.25, 0.3) is 0 Å². The first-order valence-corrected chi connectivity index (χ1v) is 9.41. The lowest BCUT2D eigenvalue weighted by molar-refractivity contribution is 0.171. The average molecular weight is 385 g/mol. The number of carbonyl (C=O) groups is 1. The number of anilines is 2. The van der Waals surface area contributed by atoms with E-state index < -0.39 is 0 Å². The van der Waals surface area contributed by atoms with Gasteiger partial charge in [-0.2, -0.15) is 0 Å². The molecule has 2 amide bonds. The summed E-state index contributed by atoms with van der Waals surface area (Å²) in [5, 5.41) is 6.91. The maximum Gasteiger partial charge on any atom is 0.323 e. The number of hydrogen-bond acceptors (Lipinski definition) is 3. The second kappa shape index (κ2) is 7.24. The lowest BCUT2D eigenvalue weighted by atomic mass is 10.1. The minimum atomic E-state index is -0.328. The summed E-state index contributed by atoms with van der Waals surface area (Å²) in [4.78, 5) is 16.0. The standard InChI is InChI=1S/C23H19N3O3/c27-23(24-16-9-10-21-22(14-16)29-12-11-28-21)26-19-8-4-2-6-17(19)20-13-15-5-1-3-7-18(15)25-20/h1-10,13-14,25H,11-12H2,(H2,24,26,27). The number of aromatic nitrogens is 1. The molecule has 4 aromatic rings. The van der Waals surface area contributed by atoms with E-state index >= 15 is 0 Å². The number of amides is 2. The van der Waals surface area contributed by atoms with Crippen LogP contribution in [-0.2, 0) is 0 Å². The lowest BCUT2D eigenvalue weighted by Crippen LogP contribution is -2.20. The van der Waals surface area contributed by atoms with Crippen LogP contribution in [0.5, 0.6) is 11.5 Å². The molecule has 3 N–H and O–H groups in total. The number of carbonyl (C=O) groups excluding carboxylic acids is 1. The first-order valence-electron chi connectivity index (χ1n) is 9.41. The number of fused-ring (bicyclic) bond motifs is 2. The van der Waals surface area contributed by atoms with E-state index in [2.05, 4.69) is 27.8 Å². The van der Waals surface area contributed by atoms with Gasteiger partial charge in [0.1, 0.15) is 13.2 Å². The molecule has 0 spiro atoms. The molecule has 6 nitrogen and oxygen atoms in total. The van der Waals surface area contributed by atoms with E-state index in [1.165, 1.54) is 0 Å². The zero-order valence-electron chi connectivity index (χ0n) is 15.6. The van der Waals surface area contributed by atoms with E-state index in [0.717, 1.165) is 22.2 Å². The molecule has 0 bridgehead atoms. The highest BCUT2D eigenvalue weighted by atomic mass is 16.6. The second-order valence-corrected chi connectivity index (χ2v) is 6.75. The van der Waals surface area contributed by atoms with Crippen LogP contribution in [0.3, 0.4) is 0 Å². The van der Waals surface area contributed by atoms with E-state index in [9.17, 15) is 4.79 Å². The minimum absolute atomic E-state index is 0.328. The van der Waals surface area contributed by atoms with Crippen molar-refractivity contribution in [2.45, 2.75) is 0 Å². The minimum Gasteiger partial charge on any atom is -0.486 e. The van der Waals surface area contributed by atoms with Crippen molar-refractivity contribution in [3.05, 3.63) is 72.8 Å². The molecule has 144 valence electrons. The normalized spacial score (nSPS) is 12.6.